The Morgan fingerprint density at radius 2 is 2.43 bits per heavy atom. The third-order valence-electron chi connectivity index (χ3n) is 3.10. The van der Waals surface area contributed by atoms with Gasteiger partial charge in [-0.25, -0.2) is 4.98 Å². The van der Waals surface area contributed by atoms with Gasteiger partial charge in [-0.3, -0.25) is 0 Å². The quantitative estimate of drug-likeness (QED) is 0.707. The molecule has 2 aliphatic heterocycles. The van der Waals surface area contributed by atoms with Crippen LogP contribution in [0.25, 0.3) is 0 Å². The highest BCUT2D eigenvalue weighted by Crippen LogP contribution is 2.28. The highest BCUT2D eigenvalue weighted by atomic mass is 35.5. The van der Waals surface area contributed by atoms with Gasteiger partial charge in [0.2, 0.25) is 0 Å². The number of halogens is 1. The van der Waals surface area contributed by atoms with Crippen LogP contribution in [-0.4, -0.2) is 30.2 Å². The Labute approximate surface area is 88.1 Å². The number of pyridine rings is 1. The number of piperazine rings is 1. The predicted molar refractivity (Wildman–Crippen MR) is 56.8 cm³/mol. The lowest BCUT2D eigenvalue weighted by molar-refractivity contribution is 0.579. The minimum atomic E-state index is 0.566. The summed E-state index contributed by atoms with van der Waals surface area (Å²) in [6.07, 6.45) is 3.13. The van der Waals surface area contributed by atoms with Gasteiger partial charge in [0.15, 0.2) is 0 Å². The summed E-state index contributed by atoms with van der Waals surface area (Å²) in [7, 11) is 0. The number of nitrogens with zero attached hydrogens (tertiary/aromatic N) is 2. The lowest BCUT2D eigenvalue weighted by Gasteiger charge is -2.29. The van der Waals surface area contributed by atoms with E-state index in [-0.39, 0.29) is 0 Å². The van der Waals surface area contributed by atoms with E-state index in [1.807, 2.05) is 12.3 Å². The zero-order valence-corrected chi connectivity index (χ0v) is 8.54. The third-order valence-corrected chi connectivity index (χ3v) is 3.32. The molecule has 1 N–H and O–H groups in total. The van der Waals surface area contributed by atoms with Gasteiger partial charge in [0.1, 0.15) is 5.15 Å². The molecular weight excluding hydrogens is 198 g/mol. The van der Waals surface area contributed by atoms with Crippen molar-refractivity contribution in [2.24, 2.45) is 0 Å². The molecule has 3 nitrogen and oxygen atoms in total. The summed E-state index contributed by atoms with van der Waals surface area (Å²) in [6, 6.07) is 5.24. The molecule has 2 atom stereocenters. The van der Waals surface area contributed by atoms with Gasteiger partial charge < -0.3 is 10.2 Å². The maximum absolute atomic E-state index is 5.76. The lowest BCUT2D eigenvalue weighted by atomic mass is 10.2. The van der Waals surface area contributed by atoms with Crippen LogP contribution in [-0.2, 0) is 0 Å². The molecule has 0 radical (unpaired) electrons. The SMILES string of the molecule is Clc1ccc(N2CC3C[C@H]2CN3)cn1. The van der Waals surface area contributed by atoms with E-state index in [4.69, 9.17) is 11.6 Å². The van der Waals surface area contributed by atoms with Crippen molar-refractivity contribution >= 4 is 17.3 Å². The Balaban J connectivity index is 1.86. The Kier molecular flexibility index (Phi) is 1.89. The van der Waals surface area contributed by atoms with E-state index in [0.717, 1.165) is 13.1 Å². The second-order valence-electron chi connectivity index (χ2n) is 3.99. The summed E-state index contributed by atoms with van der Waals surface area (Å²) in [6.45, 7) is 2.21. The molecule has 0 aromatic carbocycles. The lowest BCUT2D eigenvalue weighted by Crippen LogP contribution is -2.43. The summed E-state index contributed by atoms with van der Waals surface area (Å²) in [5.41, 5.74) is 1.20. The van der Waals surface area contributed by atoms with Gasteiger partial charge in [-0.2, -0.15) is 0 Å². The Hall–Kier alpha value is -0.800. The van der Waals surface area contributed by atoms with E-state index in [2.05, 4.69) is 21.3 Å². The minimum absolute atomic E-state index is 0.566. The maximum Gasteiger partial charge on any atom is 0.129 e. The molecule has 2 saturated heterocycles. The van der Waals surface area contributed by atoms with Gasteiger partial charge in [-0.15, -0.1) is 0 Å². The number of hydrogen-bond donors (Lipinski definition) is 1. The van der Waals surface area contributed by atoms with Gasteiger partial charge >= 0.3 is 0 Å². The fraction of sp³-hybridized carbons (Fsp3) is 0.500. The molecular formula is C10H12ClN3. The van der Waals surface area contributed by atoms with Crippen molar-refractivity contribution in [1.29, 1.82) is 0 Å². The number of aromatic nitrogens is 1. The van der Waals surface area contributed by atoms with E-state index in [1.54, 1.807) is 0 Å². The molecule has 14 heavy (non-hydrogen) atoms. The second kappa shape index (κ2) is 3.11. The predicted octanol–water partition coefficient (Wildman–Crippen LogP) is 1.29. The molecule has 1 aromatic heterocycles. The Morgan fingerprint density at radius 1 is 1.50 bits per heavy atom. The minimum Gasteiger partial charge on any atom is -0.364 e. The van der Waals surface area contributed by atoms with E-state index < -0.39 is 0 Å². The second-order valence-corrected chi connectivity index (χ2v) is 4.37. The molecule has 3 rings (SSSR count). The van der Waals surface area contributed by atoms with Gasteiger partial charge in [-0.05, 0) is 18.6 Å². The smallest absolute Gasteiger partial charge is 0.129 e. The molecule has 1 unspecified atom stereocenters. The van der Waals surface area contributed by atoms with Gasteiger partial charge in [0, 0.05) is 25.2 Å². The molecule has 2 aliphatic rings. The van der Waals surface area contributed by atoms with Crippen LogP contribution in [0.15, 0.2) is 18.3 Å². The van der Waals surface area contributed by atoms with Crippen LogP contribution in [0.2, 0.25) is 5.15 Å². The van der Waals surface area contributed by atoms with Crippen molar-refractivity contribution in [1.82, 2.24) is 10.3 Å². The molecule has 2 fully saturated rings. The third kappa shape index (κ3) is 1.28. The van der Waals surface area contributed by atoms with Crippen LogP contribution in [0.5, 0.6) is 0 Å². The van der Waals surface area contributed by atoms with Crippen LogP contribution in [0, 0.1) is 0 Å². The van der Waals surface area contributed by atoms with Crippen molar-refractivity contribution in [2.45, 2.75) is 18.5 Å². The molecule has 4 heteroatoms. The molecule has 0 amide bonds. The summed E-state index contributed by atoms with van der Waals surface area (Å²) in [5, 5.41) is 4.04. The number of rotatable bonds is 1. The average molecular weight is 210 g/mol. The van der Waals surface area contributed by atoms with Crippen molar-refractivity contribution < 1.29 is 0 Å². The Morgan fingerprint density at radius 3 is 3.00 bits per heavy atom. The zero-order chi connectivity index (χ0) is 9.54. The monoisotopic (exact) mass is 209 g/mol. The van der Waals surface area contributed by atoms with Gasteiger partial charge in [0.25, 0.3) is 0 Å². The normalized spacial score (nSPS) is 29.9. The molecule has 3 heterocycles. The van der Waals surface area contributed by atoms with Crippen molar-refractivity contribution in [3.63, 3.8) is 0 Å². The summed E-state index contributed by atoms with van der Waals surface area (Å²) >= 11 is 5.76. The summed E-state index contributed by atoms with van der Waals surface area (Å²) < 4.78 is 0. The molecule has 0 aliphatic carbocycles. The largest absolute Gasteiger partial charge is 0.364 e. The number of nitrogens with one attached hydrogen (secondary N) is 1. The van der Waals surface area contributed by atoms with Crippen LogP contribution in [0.3, 0.4) is 0 Å². The maximum atomic E-state index is 5.76. The average Bonchev–Trinajstić information content (AvgIpc) is 2.80. The van der Waals surface area contributed by atoms with E-state index in [1.165, 1.54) is 12.1 Å². The summed E-state index contributed by atoms with van der Waals surface area (Å²) in [5.74, 6) is 0. The fourth-order valence-electron chi connectivity index (χ4n) is 2.41. The first kappa shape index (κ1) is 8.50. The molecule has 1 aromatic rings. The van der Waals surface area contributed by atoms with Crippen molar-refractivity contribution in [2.75, 3.05) is 18.0 Å². The van der Waals surface area contributed by atoms with E-state index >= 15 is 0 Å². The van der Waals surface area contributed by atoms with Gasteiger partial charge in [-0.1, -0.05) is 11.6 Å². The Bertz CT molecular complexity index is 338. The first-order chi connectivity index (χ1) is 6.83. The number of fused-ring (bicyclic) bond motifs is 2. The first-order valence-corrected chi connectivity index (χ1v) is 5.32. The van der Waals surface area contributed by atoms with Crippen molar-refractivity contribution in [3.05, 3.63) is 23.5 Å². The standard InChI is InChI=1S/C10H12ClN3/c11-10-2-1-8(4-13-10)14-6-7-3-9(14)5-12-7/h1-2,4,7,9,12H,3,5-6H2/t7?,9-/m0/s1. The molecule has 0 saturated carbocycles. The number of hydrogen-bond acceptors (Lipinski definition) is 3. The molecule has 2 bridgehead atoms. The highest BCUT2D eigenvalue weighted by molar-refractivity contribution is 6.29. The van der Waals surface area contributed by atoms with Crippen LogP contribution in [0.1, 0.15) is 6.42 Å². The zero-order valence-electron chi connectivity index (χ0n) is 7.78. The van der Waals surface area contributed by atoms with Crippen LogP contribution in [0.4, 0.5) is 5.69 Å². The number of anilines is 1. The fourth-order valence-corrected chi connectivity index (χ4v) is 2.53. The van der Waals surface area contributed by atoms with Gasteiger partial charge in [0.05, 0.1) is 11.9 Å². The van der Waals surface area contributed by atoms with E-state index in [0.29, 0.717) is 17.2 Å². The van der Waals surface area contributed by atoms with Crippen LogP contribution >= 0.6 is 11.6 Å². The topological polar surface area (TPSA) is 28.2 Å². The summed E-state index contributed by atoms with van der Waals surface area (Å²) in [4.78, 5) is 6.53. The van der Waals surface area contributed by atoms with Crippen molar-refractivity contribution in [3.8, 4) is 0 Å². The molecule has 74 valence electrons. The first-order valence-electron chi connectivity index (χ1n) is 4.94. The van der Waals surface area contributed by atoms with E-state index in [9.17, 15) is 0 Å². The highest BCUT2D eigenvalue weighted by Gasteiger charge is 2.37. The molecule has 0 spiro atoms. The van der Waals surface area contributed by atoms with Crippen LogP contribution < -0.4 is 10.2 Å².